The van der Waals surface area contributed by atoms with Gasteiger partial charge < -0.3 is 19.8 Å². The minimum absolute atomic E-state index is 0.197. The maximum absolute atomic E-state index is 12.0. The Labute approximate surface area is 165 Å². The molecule has 27 heavy (non-hydrogen) atoms. The largest absolute Gasteiger partial charge is 0.484 e. The summed E-state index contributed by atoms with van der Waals surface area (Å²) in [6.07, 6.45) is 1.42. The number of rotatable bonds is 6. The first kappa shape index (κ1) is 18.8. The summed E-state index contributed by atoms with van der Waals surface area (Å²) in [4.78, 5) is 24.0. The standard InChI is InChI=1S/C19H14Cl2N2O4/c20-15-7-6-13(10-16(15)21)22-18(24)11-27-14-4-1-3-12(9-14)23-19(25)17-5-2-8-26-17/h1-10H,11H2,(H,22,24)(H,23,25). The van der Waals surface area contributed by atoms with Crippen LogP contribution < -0.4 is 15.4 Å². The van der Waals surface area contributed by atoms with Crippen LogP contribution in [0.5, 0.6) is 5.75 Å². The number of benzene rings is 2. The molecule has 8 heteroatoms. The molecule has 138 valence electrons. The number of furan rings is 1. The van der Waals surface area contributed by atoms with E-state index in [0.717, 1.165) is 0 Å². The van der Waals surface area contributed by atoms with Crippen molar-refractivity contribution in [3.63, 3.8) is 0 Å². The molecule has 0 atom stereocenters. The molecule has 0 saturated heterocycles. The predicted molar refractivity (Wildman–Crippen MR) is 104 cm³/mol. The van der Waals surface area contributed by atoms with Crippen molar-refractivity contribution in [3.8, 4) is 5.75 Å². The zero-order chi connectivity index (χ0) is 19.2. The number of ether oxygens (including phenoxy) is 1. The van der Waals surface area contributed by atoms with E-state index in [1.807, 2.05) is 0 Å². The summed E-state index contributed by atoms with van der Waals surface area (Å²) in [5, 5.41) is 6.08. The van der Waals surface area contributed by atoms with Crippen molar-refractivity contribution in [2.75, 3.05) is 17.2 Å². The first-order chi connectivity index (χ1) is 13.0. The molecule has 2 N–H and O–H groups in total. The minimum Gasteiger partial charge on any atom is -0.484 e. The Bertz CT molecular complexity index is 958. The molecule has 2 amide bonds. The van der Waals surface area contributed by atoms with Gasteiger partial charge in [-0.25, -0.2) is 0 Å². The molecule has 0 aliphatic heterocycles. The van der Waals surface area contributed by atoms with Gasteiger partial charge in [-0.05, 0) is 42.5 Å². The molecule has 6 nitrogen and oxygen atoms in total. The van der Waals surface area contributed by atoms with E-state index >= 15 is 0 Å². The summed E-state index contributed by atoms with van der Waals surface area (Å²) in [7, 11) is 0. The van der Waals surface area contributed by atoms with E-state index in [4.69, 9.17) is 32.4 Å². The molecule has 0 aliphatic carbocycles. The van der Waals surface area contributed by atoms with Gasteiger partial charge >= 0.3 is 0 Å². The Morgan fingerprint density at radius 1 is 0.926 bits per heavy atom. The van der Waals surface area contributed by atoms with Gasteiger partial charge in [-0.3, -0.25) is 9.59 Å². The van der Waals surface area contributed by atoms with Gasteiger partial charge in [-0.15, -0.1) is 0 Å². The Balaban J connectivity index is 1.55. The molecule has 1 heterocycles. The van der Waals surface area contributed by atoms with Crippen molar-refractivity contribution in [1.82, 2.24) is 0 Å². The maximum atomic E-state index is 12.0. The Hall–Kier alpha value is -2.96. The molecule has 2 aromatic carbocycles. The van der Waals surface area contributed by atoms with E-state index in [2.05, 4.69) is 10.6 Å². The molecule has 0 fully saturated rings. The molecular formula is C19H14Cl2N2O4. The second-order valence-corrected chi connectivity index (χ2v) is 6.24. The molecule has 0 bridgehead atoms. The van der Waals surface area contributed by atoms with Crippen molar-refractivity contribution in [3.05, 3.63) is 76.7 Å². The lowest BCUT2D eigenvalue weighted by molar-refractivity contribution is -0.118. The van der Waals surface area contributed by atoms with Gasteiger partial charge in [0.05, 0.1) is 16.3 Å². The van der Waals surface area contributed by atoms with Crippen LogP contribution in [0, 0.1) is 0 Å². The lowest BCUT2D eigenvalue weighted by atomic mass is 10.3. The first-order valence-electron chi connectivity index (χ1n) is 7.84. The van der Waals surface area contributed by atoms with Crippen molar-refractivity contribution < 1.29 is 18.7 Å². The van der Waals surface area contributed by atoms with Crippen molar-refractivity contribution in [1.29, 1.82) is 0 Å². The molecule has 3 aromatic rings. The molecule has 3 rings (SSSR count). The number of nitrogens with one attached hydrogen (secondary N) is 2. The topological polar surface area (TPSA) is 80.6 Å². The number of halogens is 2. The van der Waals surface area contributed by atoms with E-state index in [1.165, 1.54) is 6.26 Å². The van der Waals surface area contributed by atoms with E-state index in [0.29, 0.717) is 27.2 Å². The second-order valence-electron chi connectivity index (χ2n) is 5.42. The van der Waals surface area contributed by atoms with Gasteiger partial charge in [0.2, 0.25) is 0 Å². The van der Waals surface area contributed by atoms with Crippen LogP contribution >= 0.6 is 23.2 Å². The Morgan fingerprint density at radius 2 is 1.74 bits per heavy atom. The van der Waals surface area contributed by atoms with Gasteiger partial charge in [0.1, 0.15) is 5.75 Å². The van der Waals surface area contributed by atoms with Crippen LogP contribution in [0.15, 0.2) is 65.3 Å². The van der Waals surface area contributed by atoms with Gasteiger partial charge in [0.25, 0.3) is 11.8 Å². The Kier molecular flexibility index (Phi) is 6.01. The third-order valence-electron chi connectivity index (χ3n) is 3.41. The summed E-state index contributed by atoms with van der Waals surface area (Å²) in [6, 6.07) is 14.6. The molecule has 0 aliphatic rings. The number of amides is 2. The van der Waals surface area contributed by atoms with Crippen molar-refractivity contribution >= 4 is 46.4 Å². The molecule has 0 saturated carbocycles. The lowest BCUT2D eigenvalue weighted by Crippen LogP contribution is -2.20. The number of hydrogen-bond acceptors (Lipinski definition) is 4. The monoisotopic (exact) mass is 404 g/mol. The zero-order valence-electron chi connectivity index (χ0n) is 13.9. The highest BCUT2D eigenvalue weighted by Gasteiger charge is 2.10. The highest BCUT2D eigenvalue weighted by molar-refractivity contribution is 6.42. The average molecular weight is 405 g/mol. The van der Waals surface area contributed by atoms with E-state index < -0.39 is 0 Å². The third kappa shape index (κ3) is 5.26. The van der Waals surface area contributed by atoms with Crippen LogP contribution in [-0.4, -0.2) is 18.4 Å². The smallest absolute Gasteiger partial charge is 0.291 e. The number of carbonyl (C=O) groups is 2. The number of anilines is 2. The average Bonchev–Trinajstić information content (AvgIpc) is 3.18. The summed E-state index contributed by atoms with van der Waals surface area (Å²) >= 11 is 11.7. The van der Waals surface area contributed by atoms with Crippen LogP contribution in [-0.2, 0) is 4.79 Å². The van der Waals surface area contributed by atoms with E-state index in [1.54, 1.807) is 54.6 Å². The summed E-state index contributed by atoms with van der Waals surface area (Å²) in [5.74, 6) is -0.119. The molecule has 0 radical (unpaired) electrons. The van der Waals surface area contributed by atoms with Crippen LogP contribution in [0.4, 0.5) is 11.4 Å². The maximum Gasteiger partial charge on any atom is 0.291 e. The van der Waals surface area contributed by atoms with E-state index in [9.17, 15) is 9.59 Å². The fourth-order valence-electron chi connectivity index (χ4n) is 2.18. The third-order valence-corrected chi connectivity index (χ3v) is 4.15. The normalized spacial score (nSPS) is 10.3. The zero-order valence-corrected chi connectivity index (χ0v) is 15.4. The lowest BCUT2D eigenvalue weighted by Gasteiger charge is -2.10. The predicted octanol–water partition coefficient (Wildman–Crippen LogP) is 4.86. The van der Waals surface area contributed by atoms with Crippen molar-refractivity contribution in [2.24, 2.45) is 0 Å². The van der Waals surface area contributed by atoms with Crippen molar-refractivity contribution in [2.45, 2.75) is 0 Å². The fraction of sp³-hybridized carbons (Fsp3) is 0.0526. The number of hydrogen-bond donors (Lipinski definition) is 2. The number of carbonyl (C=O) groups excluding carboxylic acids is 2. The summed E-state index contributed by atoms with van der Waals surface area (Å²) in [6.45, 7) is -0.212. The minimum atomic E-state index is -0.380. The highest BCUT2D eigenvalue weighted by Crippen LogP contribution is 2.25. The summed E-state index contributed by atoms with van der Waals surface area (Å²) < 4.78 is 10.5. The second kappa shape index (κ2) is 8.62. The SMILES string of the molecule is O=C(COc1cccc(NC(=O)c2ccco2)c1)Nc1ccc(Cl)c(Cl)c1. The van der Waals surface area contributed by atoms with Gasteiger partial charge in [-0.2, -0.15) is 0 Å². The quantitative estimate of drug-likeness (QED) is 0.614. The van der Waals surface area contributed by atoms with Crippen LogP contribution in [0.25, 0.3) is 0 Å². The van der Waals surface area contributed by atoms with Gasteiger partial charge in [-0.1, -0.05) is 29.3 Å². The molecule has 0 unspecified atom stereocenters. The van der Waals surface area contributed by atoms with E-state index in [-0.39, 0.29) is 24.2 Å². The molecule has 1 aromatic heterocycles. The van der Waals surface area contributed by atoms with Crippen LogP contribution in [0.1, 0.15) is 10.6 Å². The van der Waals surface area contributed by atoms with Gasteiger partial charge in [0, 0.05) is 17.4 Å². The van der Waals surface area contributed by atoms with Crippen LogP contribution in [0.3, 0.4) is 0 Å². The van der Waals surface area contributed by atoms with Crippen LogP contribution in [0.2, 0.25) is 10.0 Å². The molecule has 0 spiro atoms. The Morgan fingerprint density at radius 3 is 2.48 bits per heavy atom. The van der Waals surface area contributed by atoms with Gasteiger partial charge in [0.15, 0.2) is 12.4 Å². The highest BCUT2D eigenvalue weighted by atomic mass is 35.5. The fourth-order valence-corrected chi connectivity index (χ4v) is 2.48. The molecular weight excluding hydrogens is 391 g/mol. The first-order valence-corrected chi connectivity index (χ1v) is 8.59. The summed E-state index contributed by atoms with van der Waals surface area (Å²) in [5.41, 5.74) is 1.02.